The van der Waals surface area contributed by atoms with Gasteiger partial charge in [-0.1, -0.05) is 12.1 Å². The van der Waals surface area contributed by atoms with Crippen molar-refractivity contribution in [3.63, 3.8) is 0 Å². The van der Waals surface area contributed by atoms with E-state index in [1.807, 2.05) is 30.3 Å². The molecule has 0 fully saturated rings. The minimum absolute atomic E-state index is 0.388. The lowest BCUT2D eigenvalue weighted by molar-refractivity contribution is -0.156. The summed E-state index contributed by atoms with van der Waals surface area (Å²) in [5.41, 5.74) is 0.255. The molecule has 2 aromatic carbocycles. The summed E-state index contributed by atoms with van der Waals surface area (Å²) >= 11 is 1.40. The summed E-state index contributed by atoms with van der Waals surface area (Å²) in [5.74, 6) is 0.746. The highest BCUT2D eigenvalue weighted by atomic mass is 32.1. The van der Waals surface area contributed by atoms with Gasteiger partial charge in [0.25, 0.3) is 0 Å². The second-order valence-corrected chi connectivity index (χ2v) is 9.23. The largest absolute Gasteiger partial charge is 0.492 e. The van der Waals surface area contributed by atoms with Gasteiger partial charge in [-0.25, -0.2) is 9.78 Å². The van der Waals surface area contributed by atoms with Gasteiger partial charge in [0.2, 0.25) is 0 Å². The van der Waals surface area contributed by atoms with Crippen molar-refractivity contribution in [3.05, 3.63) is 59.0 Å². The van der Waals surface area contributed by atoms with Crippen LogP contribution in [-0.2, 0) is 15.7 Å². The van der Waals surface area contributed by atoms with Crippen LogP contribution in [0.4, 0.5) is 18.3 Å². The minimum Gasteiger partial charge on any atom is -0.492 e. The van der Waals surface area contributed by atoms with Crippen LogP contribution in [0.15, 0.2) is 47.8 Å². The van der Waals surface area contributed by atoms with Gasteiger partial charge >= 0.3 is 12.1 Å². The third-order valence-corrected chi connectivity index (χ3v) is 6.17. The molecule has 3 aromatic rings. The van der Waals surface area contributed by atoms with Crippen LogP contribution in [0, 0.1) is 6.92 Å². The molecule has 188 valence electrons. The lowest BCUT2D eigenvalue weighted by Crippen LogP contribution is -2.39. The predicted octanol–water partition coefficient (Wildman–Crippen LogP) is 5.98. The topological polar surface area (TPSA) is 60.9 Å². The van der Waals surface area contributed by atoms with Gasteiger partial charge in [0.05, 0.1) is 24.9 Å². The molecule has 0 aliphatic rings. The molecular weight excluding hydrogens is 481 g/mol. The van der Waals surface area contributed by atoms with E-state index in [2.05, 4.69) is 4.98 Å². The number of rotatable bonds is 9. The minimum atomic E-state index is -4.36. The second kappa shape index (κ2) is 10.6. The van der Waals surface area contributed by atoms with Crippen molar-refractivity contribution in [1.29, 1.82) is 0 Å². The van der Waals surface area contributed by atoms with Gasteiger partial charge in [0.15, 0.2) is 10.7 Å². The Morgan fingerprint density at radius 3 is 2.40 bits per heavy atom. The Morgan fingerprint density at radius 2 is 1.80 bits per heavy atom. The first kappa shape index (κ1) is 26.3. The van der Waals surface area contributed by atoms with Crippen molar-refractivity contribution in [3.8, 4) is 22.8 Å². The number of aryl methyl sites for hydroxylation is 1. The first-order chi connectivity index (χ1) is 16.4. The number of thiazole rings is 1. The van der Waals surface area contributed by atoms with Gasteiger partial charge in [0.1, 0.15) is 18.1 Å². The van der Waals surface area contributed by atoms with Crippen molar-refractivity contribution < 1.29 is 32.2 Å². The maximum atomic E-state index is 12.8. The molecule has 0 bridgehead atoms. The van der Waals surface area contributed by atoms with Crippen LogP contribution in [0.1, 0.15) is 25.0 Å². The van der Waals surface area contributed by atoms with Gasteiger partial charge in [-0.15, -0.1) is 11.3 Å². The number of carbonyl (C=O) groups is 1. The van der Waals surface area contributed by atoms with Crippen LogP contribution in [-0.4, -0.2) is 43.9 Å². The monoisotopic (exact) mass is 508 g/mol. The number of esters is 1. The molecule has 0 aliphatic heterocycles. The van der Waals surface area contributed by atoms with Crippen molar-refractivity contribution in [2.24, 2.45) is 0 Å². The van der Waals surface area contributed by atoms with E-state index < -0.39 is 23.3 Å². The maximum absolute atomic E-state index is 12.8. The van der Waals surface area contributed by atoms with Gasteiger partial charge in [-0.2, -0.15) is 13.2 Å². The molecule has 0 unspecified atom stereocenters. The molecule has 0 saturated carbocycles. The predicted molar refractivity (Wildman–Crippen MR) is 129 cm³/mol. The molecular formula is C25H27F3N2O4S. The highest BCUT2D eigenvalue weighted by molar-refractivity contribution is 7.14. The van der Waals surface area contributed by atoms with E-state index in [0.29, 0.717) is 35.9 Å². The quantitative estimate of drug-likeness (QED) is 0.331. The summed E-state index contributed by atoms with van der Waals surface area (Å²) < 4.78 is 54.7. The Balaban J connectivity index is 1.55. The third kappa shape index (κ3) is 6.66. The van der Waals surface area contributed by atoms with Crippen molar-refractivity contribution >= 4 is 22.4 Å². The molecule has 1 aromatic heterocycles. The number of carbonyl (C=O) groups excluding carboxylic acids is 1. The van der Waals surface area contributed by atoms with Crippen LogP contribution >= 0.6 is 11.3 Å². The molecule has 35 heavy (non-hydrogen) atoms. The zero-order valence-electron chi connectivity index (χ0n) is 20.1. The molecule has 0 amide bonds. The van der Waals surface area contributed by atoms with E-state index in [4.69, 9.17) is 14.2 Å². The summed E-state index contributed by atoms with van der Waals surface area (Å²) in [5, 5.41) is 2.54. The molecule has 0 N–H and O–H groups in total. The number of methoxy groups -OCH3 is 1. The Morgan fingerprint density at radius 1 is 1.11 bits per heavy atom. The number of likely N-dealkylation sites (N-methyl/N-ethyl adjacent to an activating group) is 1. The fraction of sp³-hybridized carbons (Fsp3) is 0.360. The van der Waals surface area contributed by atoms with E-state index in [1.165, 1.54) is 30.6 Å². The highest BCUT2D eigenvalue weighted by Gasteiger charge is 2.32. The smallest absolute Gasteiger partial charge is 0.416 e. The highest BCUT2D eigenvalue weighted by Crippen LogP contribution is 2.32. The SMILES string of the molecule is COC(=O)C(C)(C)Oc1ccc(OCCN(C)c2nc(-c3ccc(C(F)(F)F)cc3)cs2)cc1C. The third-order valence-electron chi connectivity index (χ3n) is 5.21. The molecule has 3 rings (SSSR count). The molecule has 0 radical (unpaired) electrons. The summed E-state index contributed by atoms with van der Waals surface area (Å²) in [6, 6.07) is 10.3. The fourth-order valence-corrected chi connectivity index (χ4v) is 4.01. The lowest BCUT2D eigenvalue weighted by Gasteiger charge is -2.24. The summed E-state index contributed by atoms with van der Waals surface area (Å²) in [4.78, 5) is 18.3. The standard InChI is InChI=1S/C25H27F3N2O4S/c1-16-14-19(10-11-21(16)34-24(2,3)22(31)32-5)33-13-12-30(4)23-29-20(15-35-23)17-6-8-18(9-7-17)25(26,27)28/h6-11,14-15H,12-13H2,1-5H3. The first-order valence-electron chi connectivity index (χ1n) is 10.8. The number of anilines is 1. The molecule has 10 heteroatoms. The van der Waals surface area contributed by atoms with E-state index in [9.17, 15) is 18.0 Å². The average molecular weight is 509 g/mol. The van der Waals surface area contributed by atoms with Crippen molar-refractivity contribution in [2.75, 3.05) is 32.2 Å². The number of benzene rings is 2. The van der Waals surface area contributed by atoms with Crippen LogP contribution in [0.3, 0.4) is 0 Å². The number of aromatic nitrogens is 1. The first-order valence-corrected chi connectivity index (χ1v) is 11.6. The Bertz CT molecular complexity index is 1160. The van der Waals surface area contributed by atoms with Crippen LogP contribution < -0.4 is 14.4 Å². The summed E-state index contributed by atoms with van der Waals surface area (Å²) in [7, 11) is 3.19. The number of alkyl halides is 3. The molecule has 0 atom stereocenters. The van der Waals surface area contributed by atoms with Crippen molar-refractivity contribution in [2.45, 2.75) is 32.5 Å². The van der Waals surface area contributed by atoms with Gasteiger partial charge in [0, 0.05) is 18.0 Å². The van der Waals surface area contributed by atoms with Gasteiger partial charge < -0.3 is 19.1 Å². The summed E-state index contributed by atoms with van der Waals surface area (Å²) in [6.45, 7) is 6.08. The number of ether oxygens (including phenoxy) is 3. The Kier molecular flexibility index (Phi) is 7.94. The zero-order valence-corrected chi connectivity index (χ0v) is 20.9. The number of nitrogens with zero attached hydrogens (tertiary/aromatic N) is 2. The normalized spacial score (nSPS) is 11.8. The molecule has 6 nitrogen and oxygen atoms in total. The number of hydrogen-bond donors (Lipinski definition) is 0. The summed E-state index contributed by atoms with van der Waals surface area (Å²) in [6.07, 6.45) is -4.36. The molecule has 0 spiro atoms. The van der Waals surface area contributed by atoms with E-state index in [-0.39, 0.29) is 0 Å². The Hall–Kier alpha value is -3.27. The Labute approximate surface area is 206 Å². The number of halogens is 3. The zero-order chi connectivity index (χ0) is 25.8. The second-order valence-electron chi connectivity index (χ2n) is 8.39. The van der Waals surface area contributed by atoms with Crippen LogP contribution in [0.25, 0.3) is 11.3 Å². The lowest BCUT2D eigenvalue weighted by atomic mass is 10.1. The van der Waals surface area contributed by atoms with Crippen LogP contribution in [0.2, 0.25) is 0 Å². The van der Waals surface area contributed by atoms with Crippen LogP contribution in [0.5, 0.6) is 11.5 Å². The molecule has 0 saturated heterocycles. The fourth-order valence-electron chi connectivity index (χ4n) is 3.19. The van der Waals surface area contributed by atoms with Gasteiger partial charge in [-0.3, -0.25) is 0 Å². The van der Waals surface area contributed by atoms with E-state index in [1.54, 1.807) is 26.0 Å². The van der Waals surface area contributed by atoms with Crippen molar-refractivity contribution in [1.82, 2.24) is 4.98 Å². The van der Waals surface area contributed by atoms with E-state index in [0.717, 1.165) is 22.8 Å². The molecule has 1 heterocycles. The van der Waals surface area contributed by atoms with E-state index >= 15 is 0 Å². The number of hydrogen-bond acceptors (Lipinski definition) is 7. The van der Waals surface area contributed by atoms with Gasteiger partial charge in [-0.05, 0) is 56.7 Å². The average Bonchev–Trinajstić information content (AvgIpc) is 3.30. The maximum Gasteiger partial charge on any atom is 0.416 e. The molecule has 0 aliphatic carbocycles.